The van der Waals surface area contributed by atoms with Crippen LogP contribution in [-0.2, 0) is 0 Å². The number of rotatable bonds is 1. The summed E-state index contributed by atoms with van der Waals surface area (Å²) < 4.78 is 0. The predicted octanol–water partition coefficient (Wildman–Crippen LogP) is 2.05. The molecule has 0 amide bonds. The number of hydrogen-bond donors (Lipinski definition) is 1. The lowest BCUT2D eigenvalue weighted by Gasteiger charge is -1.98. The number of aromatic nitrogens is 1. The van der Waals surface area contributed by atoms with Gasteiger partial charge >= 0.3 is 0 Å². The standard InChI is InChI=1S/C8H11N3.C2H6/c1-6-3-4-7(5-10-2)8(9)11-6;1-2/h3-5H,1-2H3,(H2,9,11);1-2H3. The van der Waals surface area contributed by atoms with Gasteiger partial charge < -0.3 is 5.73 Å². The summed E-state index contributed by atoms with van der Waals surface area (Å²) >= 11 is 0. The van der Waals surface area contributed by atoms with Crippen molar-refractivity contribution in [1.29, 1.82) is 0 Å². The van der Waals surface area contributed by atoms with E-state index >= 15 is 0 Å². The van der Waals surface area contributed by atoms with Crippen LogP contribution < -0.4 is 5.73 Å². The monoisotopic (exact) mass is 179 g/mol. The van der Waals surface area contributed by atoms with Gasteiger partial charge in [-0.3, -0.25) is 4.99 Å². The molecule has 3 heteroatoms. The van der Waals surface area contributed by atoms with Crippen molar-refractivity contribution in [1.82, 2.24) is 4.98 Å². The summed E-state index contributed by atoms with van der Waals surface area (Å²) in [5, 5.41) is 0. The number of anilines is 1. The molecule has 0 aromatic carbocycles. The SMILES string of the molecule is CC.CN=Cc1ccc(C)nc1N. The third-order valence-electron chi connectivity index (χ3n) is 1.36. The Morgan fingerprint density at radius 1 is 1.38 bits per heavy atom. The number of nitrogens with zero attached hydrogens (tertiary/aromatic N) is 2. The van der Waals surface area contributed by atoms with Gasteiger partial charge in [0.1, 0.15) is 5.82 Å². The maximum atomic E-state index is 5.61. The summed E-state index contributed by atoms with van der Waals surface area (Å²) in [7, 11) is 1.71. The maximum Gasteiger partial charge on any atom is 0.132 e. The van der Waals surface area contributed by atoms with Gasteiger partial charge in [-0.2, -0.15) is 0 Å². The van der Waals surface area contributed by atoms with Crippen molar-refractivity contribution in [3.63, 3.8) is 0 Å². The molecule has 0 aliphatic rings. The Morgan fingerprint density at radius 2 is 2.00 bits per heavy atom. The Morgan fingerprint density at radius 3 is 2.46 bits per heavy atom. The van der Waals surface area contributed by atoms with Crippen molar-refractivity contribution in [3.05, 3.63) is 23.4 Å². The van der Waals surface area contributed by atoms with E-state index in [0.717, 1.165) is 11.3 Å². The molecule has 3 nitrogen and oxygen atoms in total. The minimum Gasteiger partial charge on any atom is -0.383 e. The largest absolute Gasteiger partial charge is 0.383 e. The van der Waals surface area contributed by atoms with Gasteiger partial charge in [0.15, 0.2) is 0 Å². The minimum absolute atomic E-state index is 0.538. The molecule has 0 unspecified atom stereocenters. The quantitative estimate of drug-likeness (QED) is 0.671. The molecular formula is C10H17N3. The number of aryl methyl sites for hydroxylation is 1. The molecule has 0 bridgehead atoms. The Balaban J connectivity index is 0.000000671. The van der Waals surface area contributed by atoms with Crippen LogP contribution in [0.15, 0.2) is 17.1 Å². The smallest absolute Gasteiger partial charge is 0.132 e. The highest BCUT2D eigenvalue weighted by Crippen LogP contribution is 2.05. The highest BCUT2D eigenvalue weighted by molar-refractivity contribution is 5.85. The van der Waals surface area contributed by atoms with Crippen LogP contribution in [0.5, 0.6) is 0 Å². The molecule has 0 spiro atoms. The third kappa shape index (κ3) is 3.69. The minimum atomic E-state index is 0.538. The van der Waals surface area contributed by atoms with E-state index in [2.05, 4.69) is 9.98 Å². The summed E-state index contributed by atoms with van der Waals surface area (Å²) in [4.78, 5) is 7.93. The van der Waals surface area contributed by atoms with Crippen LogP contribution in [0.25, 0.3) is 0 Å². The molecule has 13 heavy (non-hydrogen) atoms. The molecule has 0 aliphatic heterocycles. The van der Waals surface area contributed by atoms with Gasteiger partial charge in [0.05, 0.1) is 0 Å². The molecule has 0 fully saturated rings. The van der Waals surface area contributed by atoms with Gasteiger partial charge in [-0.05, 0) is 19.1 Å². The number of hydrogen-bond acceptors (Lipinski definition) is 3. The van der Waals surface area contributed by atoms with E-state index in [9.17, 15) is 0 Å². The number of pyridine rings is 1. The molecule has 0 radical (unpaired) electrons. The normalized spacial score (nSPS) is 9.54. The zero-order valence-electron chi connectivity index (χ0n) is 8.70. The summed E-state index contributed by atoms with van der Waals surface area (Å²) in [6.07, 6.45) is 1.70. The molecule has 2 N–H and O–H groups in total. The first-order valence-electron chi connectivity index (χ1n) is 4.39. The van der Waals surface area contributed by atoms with E-state index in [1.54, 1.807) is 13.3 Å². The lowest BCUT2D eigenvalue weighted by atomic mass is 10.2. The van der Waals surface area contributed by atoms with Gasteiger partial charge in [0.2, 0.25) is 0 Å². The fraction of sp³-hybridized carbons (Fsp3) is 0.400. The van der Waals surface area contributed by atoms with Crippen LogP contribution in [0, 0.1) is 6.92 Å². The number of nitrogen functional groups attached to an aromatic ring is 1. The van der Waals surface area contributed by atoms with Gasteiger partial charge in [-0.15, -0.1) is 0 Å². The molecule has 72 valence electrons. The highest BCUT2D eigenvalue weighted by Gasteiger charge is 1.95. The molecule has 0 atom stereocenters. The van der Waals surface area contributed by atoms with Gasteiger partial charge in [-0.25, -0.2) is 4.98 Å². The molecule has 1 aromatic heterocycles. The molecule has 1 heterocycles. The van der Waals surface area contributed by atoms with E-state index in [0.29, 0.717) is 5.82 Å². The first-order valence-corrected chi connectivity index (χ1v) is 4.39. The molecule has 0 aliphatic carbocycles. The topological polar surface area (TPSA) is 51.3 Å². The van der Waals surface area contributed by atoms with Crippen molar-refractivity contribution >= 4 is 12.0 Å². The summed E-state index contributed by atoms with van der Waals surface area (Å²) in [5.74, 6) is 0.538. The zero-order valence-corrected chi connectivity index (χ0v) is 8.70. The van der Waals surface area contributed by atoms with Crippen molar-refractivity contribution in [3.8, 4) is 0 Å². The second-order valence-corrected chi connectivity index (χ2v) is 2.31. The van der Waals surface area contributed by atoms with Crippen LogP contribution in [0.1, 0.15) is 25.1 Å². The Kier molecular flexibility index (Phi) is 5.52. The lowest BCUT2D eigenvalue weighted by molar-refractivity contribution is 1.21. The van der Waals surface area contributed by atoms with Crippen LogP contribution in [0.3, 0.4) is 0 Å². The van der Waals surface area contributed by atoms with E-state index in [-0.39, 0.29) is 0 Å². The van der Waals surface area contributed by atoms with Crippen LogP contribution in [0.4, 0.5) is 5.82 Å². The van der Waals surface area contributed by atoms with E-state index in [4.69, 9.17) is 5.73 Å². The van der Waals surface area contributed by atoms with Crippen molar-refractivity contribution < 1.29 is 0 Å². The Bertz CT molecular complexity index is 279. The van der Waals surface area contributed by atoms with Crippen molar-refractivity contribution in [2.45, 2.75) is 20.8 Å². The lowest BCUT2D eigenvalue weighted by Crippen LogP contribution is -1.97. The number of aliphatic imine (C=N–C) groups is 1. The summed E-state index contributed by atoms with van der Waals surface area (Å²) in [6.45, 7) is 5.91. The van der Waals surface area contributed by atoms with E-state index in [1.165, 1.54) is 0 Å². The predicted molar refractivity (Wildman–Crippen MR) is 58.3 cm³/mol. The fourth-order valence-electron chi connectivity index (χ4n) is 0.836. The van der Waals surface area contributed by atoms with Crippen molar-refractivity contribution in [2.24, 2.45) is 4.99 Å². The Labute approximate surface area is 79.7 Å². The summed E-state index contributed by atoms with van der Waals surface area (Å²) in [6, 6.07) is 3.82. The molecule has 1 aromatic rings. The first-order chi connectivity index (χ1) is 6.24. The zero-order chi connectivity index (χ0) is 10.3. The van der Waals surface area contributed by atoms with Crippen LogP contribution >= 0.6 is 0 Å². The third-order valence-corrected chi connectivity index (χ3v) is 1.36. The second-order valence-electron chi connectivity index (χ2n) is 2.31. The fourth-order valence-corrected chi connectivity index (χ4v) is 0.836. The van der Waals surface area contributed by atoms with Crippen LogP contribution in [-0.4, -0.2) is 18.2 Å². The van der Waals surface area contributed by atoms with Gasteiger partial charge in [0.25, 0.3) is 0 Å². The average Bonchev–Trinajstić information content (AvgIpc) is 2.14. The Hall–Kier alpha value is -1.38. The number of nitrogens with two attached hydrogens (primary N) is 1. The maximum absolute atomic E-state index is 5.61. The van der Waals surface area contributed by atoms with Gasteiger partial charge in [0, 0.05) is 24.5 Å². The summed E-state index contributed by atoms with van der Waals surface area (Å²) in [5.41, 5.74) is 7.40. The van der Waals surface area contributed by atoms with E-state index < -0.39 is 0 Å². The van der Waals surface area contributed by atoms with Crippen molar-refractivity contribution in [2.75, 3.05) is 12.8 Å². The molecule has 1 rings (SSSR count). The molecule has 0 saturated heterocycles. The van der Waals surface area contributed by atoms with Crippen LogP contribution in [0.2, 0.25) is 0 Å². The first kappa shape index (κ1) is 11.6. The van der Waals surface area contributed by atoms with Gasteiger partial charge in [-0.1, -0.05) is 13.8 Å². The molecule has 0 saturated carbocycles. The average molecular weight is 179 g/mol. The second kappa shape index (κ2) is 6.17. The highest BCUT2D eigenvalue weighted by atomic mass is 14.8. The molecular weight excluding hydrogens is 162 g/mol. The van der Waals surface area contributed by atoms with E-state index in [1.807, 2.05) is 32.9 Å².